The Hall–Kier alpha value is -1.80. The second-order valence-corrected chi connectivity index (χ2v) is 8.86. The molecule has 2 unspecified atom stereocenters. The average Bonchev–Trinajstić information content (AvgIpc) is 2.78. The first kappa shape index (κ1) is 22.4. The summed E-state index contributed by atoms with van der Waals surface area (Å²) in [5.41, 5.74) is 4.25. The molecule has 6 heteroatoms. The predicted octanol–water partition coefficient (Wildman–Crippen LogP) is 2.13. The molecule has 0 bridgehead atoms. The van der Waals surface area contributed by atoms with E-state index in [1.165, 1.54) is 0 Å². The fraction of sp³-hybridized carbons (Fsp3) is 0.520. The van der Waals surface area contributed by atoms with Gasteiger partial charge in [-0.25, -0.2) is 0 Å². The first-order chi connectivity index (χ1) is 14.9. The number of aryl methyl sites for hydroxylation is 1. The van der Waals surface area contributed by atoms with Gasteiger partial charge in [0.25, 0.3) is 0 Å². The van der Waals surface area contributed by atoms with Crippen LogP contribution in [0.2, 0.25) is 0 Å². The third-order valence-corrected chi connectivity index (χ3v) is 6.66. The lowest BCUT2D eigenvalue weighted by Gasteiger charge is -2.37. The van der Waals surface area contributed by atoms with Crippen molar-refractivity contribution in [2.75, 3.05) is 19.8 Å². The molecule has 2 heterocycles. The fourth-order valence-corrected chi connectivity index (χ4v) is 4.56. The van der Waals surface area contributed by atoms with Gasteiger partial charge in [0.05, 0.1) is 24.4 Å². The first-order valence-corrected chi connectivity index (χ1v) is 11.0. The minimum Gasteiger partial charge on any atom is -0.394 e. The van der Waals surface area contributed by atoms with Crippen LogP contribution >= 0.6 is 0 Å². The molecule has 4 rings (SSSR count). The van der Waals surface area contributed by atoms with Crippen molar-refractivity contribution in [2.45, 2.75) is 62.6 Å². The fourth-order valence-electron chi connectivity index (χ4n) is 4.56. The van der Waals surface area contributed by atoms with Gasteiger partial charge in [-0.05, 0) is 41.2 Å². The first-order valence-electron chi connectivity index (χ1n) is 11.0. The van der Waals surface area contributed by atoms with E-state index in [4.69, 9.17) is 9.47 Å². The number of ether oxygens (including phenoxy) is 2. The standard InChI is InChI=1S/C25H32O6/c1-16-2-5-18(24-23(28)22(27)14-21(15-26)31-24)13-19(16)12-17-3-6-20(7-4-17)25(29)8-10-30-11-9-25/h2-7,13,21-24,26-29H,8-12,14-15H2,1H3/t21-,22-,23?,24?/m0/s1. The molecule has 0 aromatic heterocycles. The van der Waals surface area contributed by atoms with Gasteiger partial charge in [-0.1, -0.05) is 42.5 Å². The van der Waals surface area contributed by atoms with Crippen molar-refractivity contribution in [3.63, 3.8) is 0 Å². The van der Waals surface area contributed by atoms with Crippen molar-refractivity contribution >= 4 is 0 Å². The predicted molar refractivity (Wildman–Crippen MR) is 116 cm³/mol. The molecule has 2 aliphatic heterocycles. The van der Waals surface area contributed by atoms with Crippen molar-refractivity contribution in [1.29, 1.82) is 0 Å². The molecule has 0 aliphatic carbocycles. The highest BCUT2D eigenvalue weighted by molar-refractivity contribution is 5.38. The molecule has 2 saturated heterocycles. The second-order valence-electron chi connectivity index (χ2n) is 8.86. The van der Waals surface area contributed by atoms with Crippen molar-refractivity contribution in [3.05, 3.63) is 70.3 Å². The van der Waals surface area contributed by atoms with Gasteiger partial charge in [0.2, 0.25) is 0 Å². The number of aliphatic hydroxyl groups excluding tert-OH is 3. The Balaban J connectivity index is 1.52. The molecule has 2 aliphatic rings. The molecule has 168 valence electrons. The van der Waals surface area contributed by atoms with Gasteiger partial charge in [0.1, 0.15) is 12.2 Å². The summed E-state index contributed by atoms with van der Waals surface area (Å²) in [5, 5.41) is 40.9. The van der Waals surface area contributed by atoms with Gasteiger partial charge in [0, 0.05) is 32.5 Å². The summed E-state index contributed by atoms with van der Waals surface area (Å²) >= 11 is 0. The van der Waals surface area contributed by atoms with Gasteiger partial charge in [-0.15, -0.1) is 0 Å². The Kier molecular flexibility index (Phi) is 6.77. The highest BCUT2D eigenvalue weighted by atomic mass is 16.5. The van der Waals surface area contributed by atoms with E-state index in [0.717, 1.165) is 27.8 Å². The van der Waals surface area contributed by atoms with Gasteiger partial charge < -0.3 is 29.9 Å². The Labute approximate surface area is 183 Å². The van der Waals surface area contributed by atoms with Crippen LogP contribution in [-0.2, 0) is 21.5 Å². The van der Waals surface area contributed by atoms with E-state index in [9.17, 15) is 20.4 Å². The number of rotatable bonds is 5. The lowest BCUT2D eigenvalue weighted by Crippen LogP contribution is -2.44. The minimum atomic E-state index is -1.03. The number of benzene rings is 2. The molecular weight excluding hydrogens is 396 g/mol. The van der Waals surface area contributed by atoms with Crippen molar-refractivity contribution in [3.8, 4) is 0 Å². The Morgan fingerprint density at radius 2 is 1.74 bits per heavy atom. The number of aliphatic hydroxyl groups is 4. The van der Waals surface area contributed by atoms with E-state index in [1.807, 2.05) is 49.4 Å². The topological polar surface area (TPSA) is 99.4 Å². The Morgan fingerprint density at radius 1 is 1.03 bits per heavy atom. The quantitative estimate of drug-likeness (QED) is 0.582. The van der Waals surface area contributed by atoms with E-state index in [-0.39, 0.29) is 13.0 Å². The Morgan fingerprint density at radius 3 is 2.42 bits per heavy atom. The largest absolute Gasteiger partial charge is 0.394 e. The smallest absolute Gasteiger partial charge is 0.111 e. The van der Waals surface area contributed by atoms with E-state index in [1.54, 1.807) is 0 Å². The summed E-state index contributed by atoms with van der Waals surface area (Å²) in [6, 6.07) is 14.0. The second kappa shape index (κ2) is 9.36. The van der Waals surface area contributed by atoms with Gasteiger partial charge in [0.15, 0.2) is 0 Å². The number of hydrogen-bond donors (Lipinski definition) is 4. The molecular formula is C25H32O6. The SMILES string of the molecule is Cc1ccc(C2O[C@H](CO)C[C@H](O)C2O)cc1Cc1ccc(C2(O)CCOCC2)cc1. The zero-order valence-corrected chi connectivity index (χ0v) is 17.9. The average molecular weight is 429 g/mol. The van der Waals surface area contributed by atoms with E-state index in [0.29, 0.717) is 32.5 Å². The van der Waals surface area contributed by atoms with Crippen LogP contribution in [0.3, 0.4) is 0 Å². The molecule has 2 aromatic rings. The Bertz CT molecular complexity index is 874. The molecule has 0 spiro atoms. The molecule has 2 aromatic carbocycles. The van der Waals surface area contributed by atoms with Crippen LogP contribution < -0.4 is 0 Å². The summed E-state index contributed by atoms with van der Waals surface area (Å²) in [5.74, 6) is 0. The molecule has 2 fully saturated rings. The molecule has 0 radical (unpaired) electrons. The summed E-state index contributed by atoms with van der Waals surface area (Å²) in [6.07, 6.45) is -0.979. The summed E-state index contributed by atoms with van der Waals surface area (Å²) < 4.78 is 11.2. The van der Waals surface area contributed by atoms with Crippen molar-refractivity contribution in [2.24, 2.45) is 0 Å². The third-order valence-electron chi connectivity index (χ3n) is 6.66. The van der Waals surface area contributed by atoms with E-state index < -0.39 is 30.0 Å². The van der Waals surface area contributed by atoms with Crippen LogP contribution in [0.5, 0.6) is 0 Å². The highest BCUT2D eigenvalue weighted by Gasteiger charge is 2.37. The van der Waals surface area contributed by atoms with Crippen LogP contribution in [-0.4, -0.2) is 58.6 Å². The molecule has 0 amide bonds. The summed E-state index contributed by atoms with van der Waals surface area (Å²) in [4.78, 5) is 0. The van der Waals surface area contributed by atoms with Crippen LogP contribution in [0.15, 0.2) is 42.5 Å². The van der Waals surface area contributed by atoms with Crippen LogP contribution in [0.25, 0.3) is 0 Å². The lowest BCUT2D eigenvalue weighted by molar-refractivity contribution is -0.179. The van der Waals surface area contributed by atoms with Gasteiger partial charge in [-0.3, -0.25) is 0 Å². The highest BCUT2D eigenvalue weighted by Crippen LogP contribution is 2.34. The van der Waals surface area contributed by atoms with Gasteiger partial charge in [-0.2, -0.15) is 0 Å². The normalized spacial score (nSPS) is 28.4. The summed E-state index contributed by atoms with van der Waals surface area (Å²) in [7, 11) is 0. The summed E-state index contributed by atoms with van der Waals surface area (Å²) in [6.45, 7) is 3.00. The molecule has 6 nitrogen and oxygen atoms in total. The zero-order valence-electron chi connectivity index (χ0n) is 17.9. The van der Waals surface area contributed by atoms with E-state index in [2.05, 4.69) is 0 Å². The van der Waals surface area contributed by atoms with Crippen LogP contribution in [0.4, 0.5) is 0 Å². The van der Waals surface area contributed by atoms with E-state index >= 15 is 0 Å². The lowest BCUT2D eigenvalue weighted by atomic mass is 9.85. The molecule has 31 heavy (non-hydrogen) atoms. The number of hydrogen-bond acceptors (Lipinski definition) is 6. The van der Waals surface area contributed by atoms with Crippen LogP contribution in [0.1, 0.15) is 53.2 Å². The third kappa shape index (κ3) is 4.85. The molecule has 4 atom stereocenters. The monoisotopic (exact) mass is 428 g/mol. The molecule has 4 N–H and O–H groups in total. The molecule has 0 saturated carbocycles. The maximum atomic E-state index is 10.9. The van der Waals surface area contributed by atoms with Crippen molar-refractivity contribution in [1.82, 2.24) is 0 Å². The minimum absolute atomic E-state index is 0.191. The van der Waals surface area contributed by atoms with Crippen molar-refractivity contribution < 1.29 is 29.9 Å². The maximum Gasteiger partial charge on any atom is 0.111 e. The zero-order chi connectivity index (χ0) is 22.0. The maximum absolute atomic E-state index is 10.9. The van der Waals surface area contributed by atoms with Crippen LogP contribution in [0, 0.1) is 6.92 Å². The van der Waals surface area contributed by atoms with Gasteiger partial charge >= 0.3 is 0 Å².